The number of hydrogen-bond acceptors (Lipinski definition) is 6. The van der Waals surface area contributed by atoms with E-state index in [2.05, 4.69) is 150 Å². The molecule has 15 aromatic rings. The van der Waals surface area contributed by atoms with E-state index in [1.165, 1.54) is 5.39 Å². The second kappa shape index (κ2) is 13.2. The van der Waals surface area contributed by atoms with Crippen LogP contribution in [0.5, 0.6) is 0 Å². The van der Waals surface area contributed by atoms with Crippen LogP contribution < -0.4 is 0 Å². The molecule has 10 aromatic carbocycles. The Morgan fingerprint density at radius 2 is 0.864 bits per heavy atom. The first-order chi connectivity index (χ1) is 32.7. The van der Waals surface area contributed by atoms with Crippen molar-refractivity contribution in [2.75, 3.05) is 0 Å². The van der Waals surface area contributed by atoms with Crippen molar-refractivity contribution in [3.63, 3.8) is 0 Å². The van der Waals surface area contributed by atoms with Crippen LogP contribution in [-0.2, 0) is 0 Å². The van der Waals surface area contributed by atoms with Crippen molar-refractivity contribution in [2.45, 2.75) is 0 Å². The van der Waals surface area contributed by atoms with Crippen LogP contribution in [0, 0.1) is 0 Å². The molecule has 7 nitrogen and oxygen atoms in total. The summed E-state index contributed by atoms with van der Waals surface area (Å²) in [5, 5.41) is 13.2. The van der Waals surface area contributed by atoms with Crippen LogP contribution in [0.2, 0.25) is 0 Å². The molecule has 0 radical (unpaired) electrons. The third-order valence-electron chi connectivity index (χ3n) is 13.5. The Morgan fingerprint density at radius 1 is 0.333 bits per heavy atom. The van der Waals surface area contributed by atoms with E-state index in [9.17, 15) is 0 Å². The van der Waals surface area contributed by atoms with Gasteiger partial charge in [-0.2, -0.15) is 9.97 Å². The van der Waals surface area contributed by atoms with Gasteiger partial charge in [-0.15, -0.1) is 0 Å². The third kappa shape index (κ3) is 4.99. The van der Waals surface area contributed by atoms with E-state index >= 15 is 0 Å². The smallest absolute Gasteiger partial charge is 0.238 e. The number of hydrogen-bond donors (Lipinski definition) is 0. The molecule has 0 atom stereocenters. The standard InChI is InChI=1S/C59H32N4O3/c1-3-13-37-33(11-1)25-29-47-53(37)45-19-9-17-43(44-18-10-20-46-54-38-14-4-2-12-34(38)26-30-50(54)66-56(44)46)55(45)63(47)59-61-57(35-23-27-41-39-15-5-7-21-48(39)64-51(41)31-35)60-58(62-59)36-24-28-42-40-16-6-8-22-49(40)65-52(42)32-36/h1-32H. The zero-order valence-electron chi connectivity index (χ0n) is 35.0. The molecule has 0 amide bonds. The maximum atomic E-state index is 6.88. The maximum Gasteiger partial charge on any atom is 0.238 e. The van der Waals surface area contributed by atoms with Crippen molar-refractivity contribution in [3.05, 3.63) is 194 Å². The fourth-order valence-corrected chi connectivity index (χ4v) is 10.5. The van der Waals surface area contributed by atoms with Crippen LogP contribution in [0.4, 0.5) is 0 Å². The van der Waals surface area contributed by atoms with Crippen molar-refractivity contribution in [1.29, 1.82) is 0 Å². The SMILES string of the molecule is c1ccc2c(c1)ccc1oc3c(-c4cccc5c6c7ccccc7ccc6n(-c6nc(-c7ccc8c(c7)oc7ccccc78)nc(-c7ccc8c(c7)oc7ccccc78)n6)c45)cccc3c12. The average molecular weight is 845 g/mol. The van der Waals surface area contributed by atoms with E-state index in [0.29, 0.717) is 17.6 Å². The Morgan fingerprint density at radius 3 is 1.53 bits per heavy atom. The summed E-state index contributed by atoms with van der Waals surface area (Å²) in [6.45, 7) is 0. The fraction of sp³-hybridized carbons (Fsp3) is 0. The normalized spacial score (nSPS) is 12.2. The Labute approximate surface area is 374 Å². The van der Waals surface area contributed by atoms with Crippen LogP contribution >= 0.6 is 0 Å². The molecule has 0 N–H and O–H groups in total. The predicted octanol–water partition coefficient (Wildman–Crippen LogP) is 16.0. The highest BCUT2D eigenvalue weighted by Crippen LogP contribution is 2.45. The topological polar surface area (TPSA) is 83.0 Å². The van der Waals surface area contributed by atoms with Gasteiger partial charge in [0, 0.05) is 65.3 Å². The van der Waals surface area contributed by atoms with Crippen molar-refractivity contribution >= 4 is 109 Å². The number of para-hydroxylation sites is 4. The molecule has 15 rings (SSSR count). The van der Waals surface area contributed by atoms with E-state index in [4.69, 9.17) is 28.2 Å². The molecule has 0 aliphatic heterocycles. The summed E-state index contributed by atoms with van der Waals surface area (Å²) < 4.78 is 21.9. The largest absolute Gasteiger partial charge is 0.456 e. The van der Waals surface area contributed by atoms with Crippen molar-refractivity contribution in [2.24, 2.45) is 0 Å². The fourth-order valence-electron chi connectivity index (χ4n) is 10.5. The minimum Gasteiger partial charge on any atom is -0.456 e. The van der Waals surface area contributed by atoms with Gasteiger partial charge in [0.1, 0.15) is 33.5 Å². The van der Waals surface area contributed by atoms with E-state index in [0.717, 1.165) is 126 Å². The van der Waals surface area contributed by atoms with Gasteiger partial charge in [-0.25, -0.2) is 4.98 Å². The molecule has 306 valence electrons. The molecule has 7 heteroatoms. The Bertz CT molecular complexity index is 4420. The van der Waals surface area contributed by atoms with Crippen molar-refractivity contribution in [1.82, 2.24) is 19.5 Å². The predicted molar refractivity (Wildman–Crippen MR) is 267 cm³/mol. The van der Waals surface area contributed by atoms with E-state index in [1.54, 1.807) is 0 Å². The lowest BCUT2D eigenvalue weighted by atomic mass is 9.97. The second-order valence-corrected chi connectivity index (χ2v) is 17.1. The van der Waals surface area contributed by atoms with E-state index < -0.39 is 0 Å². The Balaban J connectivity index is 1.05. The summed E-state index contributed by atoms with van der Waals surface area (Å²) in [4.78, 5) is 16.1. The number of nitrogens with zero attached hydrogens (tertiary/aromatic N) is 4. The number of fused-ring (bicyclic) bond motifs is 16. The zero-order chi connectivity index (χ0) is 43.0. The molecule has 0 spiro atoms. The second-order valence-electron chi connectivity index (χ2n) is 17.1. The van der Waals surface area contributed by atoms with Gasteiger partial charge < -0.3 is 13.3 Å². The number of aromatic nitrogens is 4. The first kappa shape index (κ1) is 35.4. The monoisotopic (exact) mass is 844 g/mol. The van der Waals surface area contributed by atoms with Gasteiger partial charge >= 0.3 is 0 Å². The van der Waals surface area contributed by atoms with E-state index in [1.807, 2.05) is 48.5 Å². The summed E-state index contributed by atoms with van der Waals surface area (Å²) >= 11 is 0. The molecule has 66 heavy (non-hydrogen) atoms. The third-order valence-corrected chi connectivity index (χ3v) is 13.5. The van der Waals surface area contributed by atoms with Gasteiger partial charge in [0.05, 0.1) is 11.0 Å². The highest BCUT2D eigenvalue weighted by Gasteiger charge is 2.24. The number of benzene rings is 10. The van der Waals surface area contributed by atoms with Crippen LogP contribution in [0.25, 0.3) is 149 Å². The first-order valence-corrected chi connectivity index (χ1v) is 22.1. The first-order valence-electron chi connectivity index (χ1n) is 22.1. The molecule has 5 heterocycles. The molecular formula is C59H32N4O3. The summed E-state index contributed by atoms with van der Waals surface area (Å²) in [5.41, 5.74) is 10.4. The highest BCUT2D eigenvalue weighted by atomic mass is 16.3. The summed E-state index contributed by atoms with van der Waals surface area (Å²) in [7, 11) is 0. The minimum absolute atomic E-state index is 0.481. The minimum atomic E-state index is 0.481. The zero-order valence-corrected chi connectivity index (χ0v) is 35.0. The van der Waals surface area contributed by atoms with E-state index in [-0.39, 0.29) is 0 Å². The molecule has 0 fully saturated rings. The molecule has 0 saturated heterocycles. The maximum absolute atomic E-state index is 6.88. The summed E-state index contributed by atoms with van der Waals surface area (Å²) in [6.07, 6.45) is 0. The van der Waals surface area contributed by atoms with Gasteiger partial charge in [0.2, 0.25) is 5.95 Å². The van der Waals surface area contributed by atoms with Gasteiger partial charge in [-0.3, -0.25) is 4.57 Å². The van der Waals surface area contributed by atoms with Crippen LogP contribution in [0.15, 0.2) is 207 Å². The highest BCUT2D eigenvalue weighted by molar-refractivity contribution is 6.25. The lowest BCUT2D eigenvalue weighted by molar-refractivity contribution is 0.668. The van der Waals surface area contributed by atoms with Crippen molar-refractivity contribution < 1.29 is 13.3 Å². The average Bonchev–Trinajstić information content (AvgIpc) is 4.15. The number of furan rings is 3. The van der Waals surface area contributed by atoms with Crippen molar-refractivity contribution in [3.8, 4) is 39.9 Å². The molecule has 0 unspecified atom stereocenters. The van der Waals surface area contributed by atoms with Gasteiger partial charge in [0.25, 0.3) is 0 Å². The Kier molecular flexibility index (Phi) is 7.10. The van der Waals surface area contributed by atoms with Gasteiger partial charge in [-0.05, 0) is 70.1 Å². The van der Waals surface area contributed by atoms with Gasteiger partial charge in [0.15, 0.2) is 11.6 Å². The summed E-state index contributed by atoms with van der Waals surface area (Å²) in [5.74, 6) is 1.51. The van der Waals surface area contributed by atoms with Crippen LogP contribution in [-0.4, -0.2) is 19.5 Å². The Hall–Kier alpha value is -9.07. The molecule has 0 saturated carbocycles. The number of rotatable bonds is 4. The molecule has 0 aliphatic rings. The lowest BCUT2D eigenvalue weighted by Crippen LogP contribution is -2.07. The molecule has 0 bridgehead atoms. The van der Waals surface area contributed by atoms with Crippen LogP contribution in [0.1, 0.15) is 0 Å². The summed E-state index contributed by atoms with van der Waals surface area (Å²) in [6, 6.07) is 67.4. The molecular weight excluding hydrogens is 813 g/mol. The van der Waals surface area contributed by atoms with Gasteiger partial charge in [-0.1, -0.05) is 146 Å². The quantitative estimate of drug-likeness (QED) is 0.175. The molecule has 0 aliphatic carbocycles. The molecule has 5 aromatic heterocycles. The lowest BCUT2D eigenvalue weighted by Gasteiger charge is -2.13. The van der Waals surface area contributed by atoms with Crippen LogP contribution in [0.3, 0.4) is 0 Å².